The van der Waals surface area contributed by atoms with E-state index in [2.05, 4.69) is 24.1 Å². The molecule has 1 aromatic heterocycles. The zero-order chi connectivity index (χ0) is 20.4. The van der Waals surface area contributed by atoms with E-state index in [1.165, 1.54) is 0 Å². The lowest BCUT2D eigenvalue weighted by molar-refractivity contribution is -0.116. The van der Waals surface area contributed by atoms with Gasteiger partial charge in [0.1, 0.15) is 5.82 Å². The van der Waals surface area contributed by atoms with Gasteiger partial charge >= 0.3 is 0 Å². The molecular formula is C21H27N3O4S. The number of amides is 1. The molecule has 0 unspecified atom stereocenters. The largest absolute Gasteiger partial charge is 0.493 e. The van der Waals surface area contributed by atoms with Crippen LogP contribution < -0.4 is 19.7 Å². The minimum atomic E-state index is -0.0432. The molecule has 0 spiro atoms. The predicted octanol–water partition coefficient (Wildman–Crippen LogP) is 3.50. The number of hydrogen-bond donors (Lipinski definition) is 1. The summed E-state index contributed by atoms with van der Waals surface area (Å²) in [5.41, 5.74) is 1.04. The summed E-state index contributed by atoms with van der Waals surface area (Å²) in [5, 5.41) is 3.88. The number of anilines is 2. The van der Waals surface area contributed by atoms with Crippen LogP contribution in [0.4, 0.5) is 10.9 Å². The van der Waals surface area contributed by atoms with E-state index >= 15 is 0 Å². The second-order valence-corrected chi connectivity index (χ2v) is 8.74. The molecule has 1 saturated heterocycles. The van der Waals surface area contributed by atoms with Crippen LogP contribution >= 0.6 is 11.3 Å². The van der Waals surface area contributed by atoms with Crippen molar-refractivity contribution in [3.63, 3.8) is 0 Å². The molecule has 1 amide bonds. The number of hydrogen-bond acceptors (Lipinski definition) is 7. The second kappa shape index (κ2) is 8.59. The van der Waals surface area contributed by atoms with Gasteiger partial charge in [0, 0.05) is 25.4 Å². The maximum absolute atomic E-state index is 12.4. The molecule has 8 heteroatoms. The summed E-state index contributed by atoms with van der Waals surface area (Å²) in [5.74, 6) is 2.45. The Kier molecular flexibility index (Phi) is 5.91. The molecule has 1 aromatic carbocycles. The van der Waals surface area contributed by atoms with E-state index in [9.17, 15) is 4.79 Å². The van der Waals surface area contributed by atoms with Gasteiger partial charge in [-0.2, -0.15) is 0 Å². The molecule has 1 fully saturated rings. The predicted molar refractivity (Wildman–Crippen MR) is 114 cm³/mol. The van der Waals surface area contributed by atoms with Crippen LogP contribution in [0.25, 0.3) is 0 Å². The molecule has 2 aliphatic heterocycles. The Labute approximate surface area is 175 Å². The molecule has 2 aliphatic rings. The molecule has 0 saturated carbocycles. The smallest absolute Gasteiger partial charge is 0.226 e. The fraction of sp³-hybridized carbons (Fsp3) is 0.524. The first kappa shape index (κ1) is 20.0. The first-order valence-electron chi connectivity index (χ1n) is 9.99. The molecule has 7 nitrogen and oxygen atoms in total. The monoisotopic (exact) mass is 417 g/mol. The standard InChI is InChI=1S/C21H27N3O4S/c1-13(2)12-28-17-10-14(4-5-16(17)26-3)15-11-18(25)22-20-19(15)29-21(23-20)24-6-8-27-9-7-24/h4-5,10,13,15H,6-9,11-12H2,1-3H3,(H,22,25)/t15-/m0/s1. The Balaban J connectivity index is 1.66. The van der Waals surface area contributed by atoms with Crippen molar-refractivity contribution in [2.45, 2.75) is 26.2 Å². The number of carbonyl (C=O) groups excluding carboxylic acids is 1. The SMILES string of the molecule is COc1ccc([C@@H]2CC(=O)Nc3nc(N4CCOCC4)sc32)cc1OCC(C)C. The number of thiazole rings is 1. The summed E-state index contributed by atoms with van der Waals surface area (Å²) >= 11 is 1.65. The van der Waals surface area contributed by atoms with Crippen molar-refractivity contribution in [1.82, 2.24) is 4.98 Å². The van der Waals surface area contributed by atoms with Gasteiger partial charge in [-0.05, 0) is 23.6 Å². The first-order valence-corrected chi connectivity index (χ1v) is 10.8. The fourth-order valence-electron chi connectivity index (χ4n) is 3.55. The first-order chi connectivity index (χ1) is 14.0. The minimum absolute atomic E-state index is 0.0122. The van der Waals surface area contributed by atoms with E-state index in [0.717, 1.165) is 28.7 Å². The zero-order valence-electron chi connectivity index (χ0n) is 17.1. The third kappa shape index (κ3) is 4.33. The molecule has 0 bridgehead atoms. The van der Waals surface area contributed by atoms with Crippen molar-refractivity contribution >= 4 is 28.2 Å². The van der Waals surface area contributed by atoms with Crippen LogP contribution in [0.1, 0.15) is 36.6 Å². The number of carbonyl (C=O) groups is 1. The highest BCUT2D eigenvalue weighted by atomic mass is 32.1. The molecule has 2 aromatic rings. The number of morpholine rings is 1. The van der Waals surface area contributed by atoms with Gasteiger partial charge in [-0.1, -0.05) is 31.3 Å². The molecule has 1 N–H and O–H groups in total. The highest BCUT2D eigenvalue weighted by molar-refractivity contribution is 7.16. The van der Waals surface area contributed by atoms with Crippen LogP contribution in [-0.2, 0) is 9.53 Å². The minimum Gasteiger partial charge on any atom is -0.493 e. The fourth-order valence-corrected chi connectivity index (χ4v) is 4.75. The summed E-state index contributed by atoms with van der Waals surface area (Å²) in [4.78, 5) is 20.4. The van der Waals surface area contributed by atoms with Crippen molar-refractivity contribution in [2.24, 2.45) is 5.92 Å². The summed E-state index contributed by atoms with van der Waals surface area (Å²) < 4.78 is 16.9. The Hall–Kier alpha value is -2.32. The lowest BCUT2D eigenvalue weighted by Gasteiger charge is -2.26. The van der Waals surface area contributed by atoms with E-state index in [4.69, 9.17) is 19.2 Å². The van der Waals surface area contributed by atoms with Gasteiger partial charge in [0.15, 0.2) is 16.6 Å². The van der Waals surface area contributed by atoms with Crippen molar-refractivity contribution in [1.29, 1.82) is 0 Å². The molecular weight excluding hydrogens is 390 g/mol. The number of rotatable bonds is 6. The highest BCUT2D eigenvalue weighted by Crippen LogP contribution is 2.44. The Bertz CT molecular complexity index is 877. The quantitative estimate of drug-likeness (QED) is 0.776. The average Bonchev–Trinajstić information content (AvgIpc) is 3.16. The molecule has 156 valence electrons. The topological polar surface area (TPSA) is 72.9 Å². The molecule has 1 atom stereocenters. The number of benzene rings is 1. The van der Waals surface area contributed by atoms with Gasteiger partial charge < -0.3 is 24.4 Å². The third-order valence-electron chi connectivity index (χ3n) is 5.05. The van der Waals surface area contributed by atoms with Crippen molar-refractivity contribution in [3.8, 4) is 11.5 Å². The molecule has 0 radical (unpaired) electrons. The van der Waals surface area contributed by atoms with Gasteiger partial charge in [-0.25, -0.2) is 4.98 Å². The molecule has 29 heavy (non-hydrogen) atoms. The number of ether oxygens (including phenoxy) is 3. The molecule has 0 aliphatic carbocycles. The maximum atomic E-state index is 12.4. The number of methoxy groups -OCH3 is 1. The van der Waals surface area contributed by atoms with E-state index in [1.54, 1.807) is 18.4 Å². The van der Waals surface area contributed by atoms with Crippen LogP contribution in [0.3, 0.4) is 0 Å². The van der Waals surface area contributed by atoms with Gasteiger partial charge in [-0.15, -0.1) is 0 Å². The summed E-state index contributed by atoms with van der Waals surface area (Å²) in [6, 6.07) is 5.94. The molecule has 3 heterocycles. The van der Waals surface area contributed by atoms with Crippen LogP contribution in [0.5, 0.6) is 11.5 Å². The lowest BCUT2D eigenvalue weighted by Crippen LogP contribution is -2.36. The second-order valence-electron chi connectivity index (χ2n) is 7.73. The lowest BCUT2D eigenvalue weighted by atomic mass is 9.91. The summed E-state index contributed by atoms with van der Waals surface area (Å²) in [6.07, 6.45) is 0.397. The normalized spacial score (nSPS) is 19.1. The van der Waals surface area contributed by atoms with Crippen molar-refractivity contribution in [3.05, 3.63) is 28.6 Å². The highest BCUT2D eigenvalue weighted by Gasteiger charge is 2.32. The number of fused-ring (bicyclic) bond motifs is 1. The van der Waals surface area contributed by atoms with Crippen molar-refractivity contribution in [2.75, 3.05) is 50.2 Å². The Morgan fingerprint density at radius 3 is 2.83 bits per heavy atom. The van der Waals surface area contributed by atoms with E-state index in [1.807, 2.05) is 18.2 Å². The van der Waals surface area contributed by atoms with E-state index in [-0.39, 0.29) is 11.8 Å². The summed E-state index contributed by atoms with van der Waals surface area (Å²) in [7, 11) is 1.64. The third-order valence-corrected chi connectivity index (χ3v) is 6.28. The Morgan fingerprint density at radius 1 is 1.31 bits per heavy atom. The van der Waals surface area contributed by atoms with Gasteiger partial charge in [-0.3, -0.25) is 4.79 Å². The zero-order valence-corrected chi connectivity index (χ0v) is 17.9. The van der Waals surface area contributed by atoms with Crippen LogP contribution in [-0.4, -0.2) is 50.9 Å². The van der Waals surface area contributed by atoms with Crippen LogP contribution in [0, 0.1) is 5.92 Å². The van der Waals surface area contributed by atoms with E-state index < -0.39 is 0 Å². The molecule has 4 rings (SSSR count). The van der Waals surface area contributed by atoms with Gasteiger partial charge in [0.2, 0.25) is 5.91 Å². The summed E-state index contributed by atoms with van der Waals surface area (Å²) in [6.45, 7) is 7.88. The van der Waals surface area contributed by atoms with E-state index in [0.29, 0.717) is 49.5 Å². The van der Waals surface area contributed by atoms with Crippen molar-refractivity contribution < 1.29 is 19.0 Å². The maximum Gasteiger partial charge on any atom is 0.226 e. The van der Waals surface area contributed by atoms with Gasteiger partial charge in [0.25, 0.3) is 0 Å². The Morgan fingerprint density at radius 2 is 2.10 bits per heavy atom. The van der Waals surface area contributed by atoms with Crippen LogP contribution in [0.2, 0.25) is 0 Å². The number of nitrogens with zero attached hydrogens (tertiary/aromatic N) is 2. The number of aromatic nitrogens is 1. The van der Waals surface area contributed by atoms with Gasteiger partial charge in [0.05, 0.1) is 31.8 Å². The average molecular weight is 418 g/mol. The van der Waals surface area contributed by atoms with Crippen LogP contribution in [0.15, 0.2) is 18.2 Å². The number of nitrogens with one attached hydrogen (secondary N) is 1.